The number of nitrogens with zero attached hydrogens (tertiary/aromatic N) is 1. The Morgan fingerprint density at radius 2 is 2.40 bits per heavy atom. The van der Waals surface area contributed by atoms with Gasteiger partial charge in [-0.1, -0.05) is 0 Å². The van der Waals surface area contributed by atoms with Gasteiger partial charge in [0.25, 0.3) is 0 Å². The number of rotatable bonds is 1. The van der Waals surface area contributed by atoms with Crippen molar-refractivity contribution in [3.8, 4) is 0 Å². The van der Waals surface area contributed by atoms with Gasteiger partial charge in [-0.15, -0.1) is 0 Å². The highest BCUT2D eigenvalue weighted by molar-refractivity contribution is 7.80. The summed E-state index contributed by atoms with van der Waals surface area (Å²) in [6.07, 6.45) is 0. The predicted octanol–water partition coefficient (Wildman–Crippen LogP) is 0.835. The molecule has 0 aromatic rings. The summed E-state index contributed by atoms with van der Waals surface area (Å²) in [4.78, 5) is 3.03. The first-order valence-electron chi connectivity index (χ1n) is 1.36. The third-order valence-electron chi connectivity index (χ3n) is 0.212. The van der Waals surface area contributed by atoms with Crippen LogP contribution in [0.1, 0.15) is 0 Å². The van der Waals surface area contributed by atoms with Gasteiger partial charge in [0.1, 0.15) is 0 Å². The Morgan fingerprint density at radius 1 is 1.80 bits per heavy atom. The van der Waals surface area contributed by atoms with Crippen LogP contribution in [0.2, 0.25) is 0 Å². The van der Waals surface area contributed by atoms with Crippen molar-refractivity contribution in [2.75, 3.05) is 12.3 Å². The maximum atomic E-state index is 6.18. The second-order valence-electron chi connectivity index (χ2n) is 0.605. The molecule has 0 unspecified atom stereocenters. The summed E-state index contributed by atoms with van der Waals surface area (Å²) in [7, 11) is 0. The predicted molar refractivity (Wildman–Crippen MR) is 25.3 cm³/mol. The second kappa shape index (κ2) is 3.84. The molecular formula is C3H5NS. The van der Waals surface area contributed by atoms with Crippen LogP contribution in [-0.4, -0.2) is 12.3 Å². The van der Waals surface area contributed by atoms with E-state index in [1.165, 1.54) is 0 Å². The van der Waals surface area contributed by atoms with Crippen LogP contribution < -0.4 is 0 Å². The van der Waals surface area contributed by atoms with Crippen molar-refractivity contribution in [2.45, 2.75) is 0 Å². The molecule has 0 atom stereocenters. The summed E-state index contributed by atoms with van der Waals surface area (Å²) < 4.78 is 0. The smallest absolute Gasteiger partial charge is 0.223 e. The molecule has 0 radical (unpaired) electrons. The molecule has 0 saturated heterocycles. The molecule has 0 N–H and O–H groups in total. The Balaban J connectivity index is 2.48. The lowest BCUT2D eigenvalue weighted by molar-refractivity contribution is 1.38. The monoisotopic (exact) mass is 87.0 g/mol. The van der Waals surface area contributed by atoms with Crippen molar-refractivity contribution in [1.82, 2.24) is 0 Å². The largest absolute Gasteiger partial charge is 0.316 e. The minimum atomic E-state index is 0.545. The van der Waals surface area contributed by atoms with Gasteiger partial charge < -0.3 is 4.85 Å². The fourth-order valence-corrected chi connectivity index (χ4v) is 0.150. The van der Waals surface area contributed by atoms with Crippen LogP contribution in [-0.2, 0) is 0 Å². The van der Waals surface area contributed by atoms with E-state index in [1.54, 1.807) is 0 Å². The van der Waals surface area contributed by atoms with Crippen LogP contribution in [0.5, 0.6) is 0 Å². The Morgan fingerprint density at radius 3 is 2.40 bits per heavy atom. The standard InChI is InChI=1S/C3H5NS/c1-4-2-3-5/h5H,2-3H2. The summed E-state index contributed by atoms with van der Waals surface area (Å²) >= 11 is 3.79. The summed E-state index contributed by atoms with van der Waals surface area (Å²) in [5.41, 5.74) is 0. The van der Waals surface area contributed by atoms with Gasteiger partial charge in [0.05, 0.1) is 5.75 Å². The third kappa shape index (κ3) is 3.84. The molecule has 0 rings (SSSR count). The van der Waals surface area contributed by atoms with Crippen molar-refractivity contribution in [2.24, 2.45) is 0 Å². The highest BCUT2D eigenvalue weighted by atomic mass is 32.1. The van der Waals surface area contributed by atoms with Crippen LogP contribution in [0.4, 0.5) is 0 Å². The molecule has 1 nitrogen and oxygen atoms in total. The minimum Gasteiger partial charge on any atom is -0.316 e. The van der Waals surface area contributed by atoms with Gasteiger partial charge in [-0.25, -0.2) is 6.57 Å². The first-order valence-corrected chi connectivity index (χ1v) is 1.99. The SMILES string of the molecule is [C-]#[N+]CCS. The summed E-state index contributed by atoms with van der Waals surface area (Å²) in [5, 5.41) is 0. The third-order valence-corrected chi connectivity index (χ3v) is 0.412. The van der Waals surface area contributed by atoms with Crippen molar-refractivity contribution >= 4 is 12.6 Å². The molecule has 0 fully saturated rings. The van der Waals surface area contributed by atoms with Gasteiger partial charge in [0, 0.05) is 0 Å². The molecule has 0 heterocycles. The molecule has 0 saturated carbocycles. The molecule has 28 valence electrons. The maximum Gasteiger partial charge on any atom is 0.223 e. The zero-order chi connectivity index (χ0) is 4.12. The van der Waals surface area contributed by atoms with E-state index in [1.807, 2.05) is 0 Å². The minimum absolute atomic E-state index is 0.545. The highest BCUT2D eigenvalue weighted by Crippen LogP contribution is 1.70. The van der Waals surface area contributed by atoms with Crippen LogP contribution in [0.25, 0.3) is 4.85 Å². The van der Waals surface area contributed by atoms with Crippen molar-refractivity contribution in [3.05, 3.63) is 11.4 Å². The molecule has 0 aromatic heterocycles. The van der Waals surface area contributed by atoms with E-state index in [0.29, 0.717) is 12.3 Å². The lowest BCUT2D eigenvalue weighted by Crippen LogP contribution is -1.70. The number of hydrogen-bond acceptors (Lipinski definition) is 1. The fourth-order valence-electron chi connectivity index (χ4n) is 0.0500. The zero-order valence-corrected chi connectivity index (χ0v) is 3.70. The molecule has 0 aliphatic rings. The van der Waals surface area contributed by atoms with E-state index in [4.69, 9.17) is 6.57 Å². The first-order chi connectivity index (χ1) is 2.41. The topological polar surface area (TPSA) is 4.36 Å². The Hall–Kier alpha value is -0.160. The zero-order valence-electron chi connectivity index (χ0n) is 2.81. The first kappa shape index (κ1) is 4.84. The Bertz CT molecular complexity index is 45.3. The summed E-state index contributed by atoms with van der Waals surface area (Å²) in [6, 6.07) is 0. The average molecular weight is 87.1 g/mol. The number of hydrogen-bond donors (Lipinski definition) is 1. The molecule has 0 aliphatic heterocycles. The second-order valence-corrected chi connectivity index (χ2v) is 1.05. The van der Waals surface area contributed by atoms with Gasteiger partial charge in [-0.3, -0.25) is 0 Å². The van der Waals surface area contributed by atoms with Gasteiger partial charge in [-0.05, 0) is 0 Å². The van der Waals surface area contributed by atoms with Gasteiger partial charge in [0.15, 0.2) is 0 Å². The highest BCUT2D eigenvalue weighted by Gasteiger charge is 1.69. The quantitative estimate of drug-likeness (QED) is 0.357. The van der Waals surface area contributed by atoms with E-state index >= 15 is 0 Å². The summed E-state index contributed by atoms with van der Waals surface area (Å²) in [5.74, 6) is 0.684. The van der Waals surface area contributed by atoms with Crippen LogP contribution >= 0.6 is 12.6 Å². The number of thiol groups is 1. The Labute approximate surface area is 37.2 Å². The molecule has 0 spiro atoms. The molecule has 5 heavy (non-hydrogen) atoms. The van der Waals surface area contributed by atoms with Crippen molar-refractivity contribution in [1.29, 1.82) is 0 Å². The molecule has 0 aliphatic carbocycles. The van der Waals surface area contributed by atoms with Gasteiger partial charge in [-0.2, -0.15) is 12.6 Å². The Kier molecular flexibility index (Phi) is 3.72. The molecule has 0 amide bonds. The van der Waals surface area contributed by atoms with Crippen LogP contribution in [0.15, 0.2) is 0 Å². The van der Waals surface area contributed by atoms with Crippen molar-refractivity contribution < 1.29 is 0 Å². The van der Waals surface area contributed by atoms with Gasteiger partial charge >= 0.3 is 0 Å². The van der Waals surface area contributed by atoms with E-state index in [0.717, 1.165) is 0 Å². The van der Waals surface area contributed by atoms with E-state index in [-0.39, 0.29) is 0 Å². The van der Waals surface area contributed by atoms with E-state index in [9.17, 15) is 0 Å². The maximum absolute atomic E-state index is 6.18. The van der Waals surface area contributed by atoms with Crippen LogP contribution in [0.3, 0.4) is 0 Å². The van der Waals surface area contributed by atoms with Gasteiger partial charge in [0.2, 0.25) is 6.54 Å². The average Bonchev–Trinajstić information content (AvgIpc) is 1.41. The van der Waals surface area contributed by atoms with Crippen molar-refractivity contribution in [3.63, 3.8) is 0 Å². The molecule has 0 bridgehead atoms. The molecule has 2 heteroatoms. The lowest BCUT2D eigenvalue weighted by atomic mass is 10.8. The lowest BCUT2D eigenvalue weighted by Gasteiger charge is -1.65. The van der Waals surface area contributed by atoms with E-state index < -0.39 is 0 Å². The summed E-state index contributed by atoms with van der Waals surface area (Å²) in [6.45, 7) is 6.72. The van der Waals surface area contributed by atoms with E-state index in [2.05, 4.69) is 17.5 Å². The molecular weight excluding hydrogens is 82.1 g/mol. The fraction of sp³-hybridized carbons (Fsp3) is 0.667. The molecule has 0 aromatic carbocycles. The normalized spacial score (nSPS) is 6.40. The van der Waals surface area contributed by atoms with Crippen LogP contribution in [0, 0.1) is 6.57 Å².